The van der Waals surface area contributed by atoms with Gasteiger partial charge in [0.25, 0.3) is 0 Å². The van der Waals surface area contributed by atoms with E-state index >= 15 is 0 Å². The summed E-state index contributed by atoms with van der Waals surface area (Å²) in [4.78, 5) is 11.7. The molecular formula is C17H26N2O2. The first-order valence-electron chi connectivity index (χ1n) is 7.56. The summed E-state index contributed by atoms with van der Waals surface area (Å²) in [6.07, 6.45) is 2.27. The average molecular weight is 290 g/mol. The highest BCUT2D eigenvalue weighted by atomic mass is 16.5. The molecule has 2 rings (SSSR count). The number of ether oxygens (including phenoxy) is 1. The van der Waals surface area contributed by atoms with Gasteiger partial charge in [-0.05, 0) is 50.3 Å². The molecule has 1 aliphatic rings. The van der Waals surface area contributed by atoms with Gasteiger partial charge < -0.3 is 15.4 Å². The number of nitrogens with one attached hydrogen (secondary N) is 2. The predicted molar refractivity (Wildman–Crippen MR) is 84.6 cm³/mol. The van der Waals surface area contributed by atoms with E-state index in [4.69, 9.17) is 4.74 Å². The van der Waals surface area contributed by atoms with Gasteiger partial charge in [0.15, 0.2) is 0 Å². The van der Waals surface area contributed by atoms with Crippen molar-refractivity contribution < 1.29 is 9.53 Å². The lowest BCUT2D eigenvalue weighted by molar-refractivity contribution is -0.128. The van der Waals surface area contributed by atoms with E-state index in [1.807, 2.05) is 26.0 Å². The van der Waals surface area contributed by atoms with Gasteiger partial charge in [-0.3, -0.25) is 4.79 Å². The smallest absolute Gasteiger partial charge is 0.226 e. The Bertz CT molecular complexity index is 476. The lowest BCUT2D eigenvalue weighted by Gasteiger charge is -2.38. The fourth-order valence-corrected chi connectivity index (χ4v) is 2.75. The Morgan fingerprint density at radius 3 is 2.43 bits per heavy atom. The van der Waals surface area contributed by atoms with Gasteiger partial charge in [0.2, 0.25) is 5.91 Å². The van der Waals surface area contributed by atoms with E-state index in [1.54, 1.807) is 14.2 Å². The van der Waals surface area contributed by atoms with Gasteiger partial charge in [0, 0.05) is 19.6 Å². The van der Waals surface area contributed by atoms with Gasteiger partial charge in [0.05, 0.1) is 12.5 Å². The van der Waals surface area contributed by atoms with E-state index in [1.165, 1.54) is 5.56 Å². The lowest BCUT2D eigenvalue weighted by atomic mass is 9.75. The van der Waals surface area contributed by atoms with Gasteiger partial charge in [-0.25, -0.2) is 0 Å². The van der Waals surface area contributed by atoms with E-state index in [2.05, 4.69) is 22.8 Å². The molecule has 0 unspecified atom stereocenters. The molecule has 4 nitrogen and oxygen atoms in total. The standard InChI is InChI=1S/C17H26N2O2/c1-17(2,16(20)18-3)11-19-14-9-13(10-14)12-5-7-15(21-4)8-6-12/h5-8,13-14,19H,9-11H2,1-4H3,(H,18,20). The zero-order valence-corrected chi connectivity index (χ0v) is 13.4. The Hall–Kier alpha value is -1.55. The van der Waals surface area contributed by atoms with Crippen LogP contribution in [0.25, 0.3) is 0 Å². The molecular weight excluding hydrogens is 264 g/mol. The summed E-state index contributed by atoms with van der Waals surface area (Å²) in [7, 11) is 3.37. The van der Waals surface area contributed by atoms with E-state index in [-0.39, 0.29) is 11.3 Å². The number of rotatable bonds is 6. The summed E-state index contributed by atoms with van der Waals surface area (Å²) >= 11 is 0. The number of benzene rings is 1. The van der Waals surface area contributed by atoms with Crippen molar-refractivity contribution in [2.24, 2.45) is 5.41 Å². The molecule has 2 N–H and O–H groups in total. The van der Waals surface area contributed by atoms with Crippen LogP contribution in [0.5, 0.6) is 5.75 Å². The first kappa shape index (κ1) is 15.8. The molecule has 1 aromatic rings. The van der Waals surface area contributed by atoms with Crippen LogP contribution in [0.15, 0.2) is 24.3 Å². The van der Waals surface area contributed by atoms with Crippen LogP contribution in [-0.2, 0) is 4.79 Å². The van der Waals surface area contributed by atoms with E-state index in [9.17, 15) is 4.79 Å². The normalized spacial score (nSPS) is 21.5. The maximum absolute atomic E-state index is 11.7. The number of hydrogen-bond donors (Lipinski definition) is 2. The molecule has 116 valence electrons. The highest BCUT2D eigenvalue weighted by Crippen LogP contribution is 2.37. The summed E-state index contributed by atoms with van der Waals surface area (Å²) in [6.45, 7) is 4.66. The van der Waals surface area contributed by atoms with E-state index in [0.717, 1.165) is 18.6 Å². The molecule has 1 aliphatic carbocycles. The molecule has 1 fully saturated rings. The van der Waals surface area contributed by atoms with Gasteiger partial charge in [-0.1, -0.05) is 12.1 Å². The second-order valence-electron chi connectivity index (χ2n) is 6.48. The molecule has 0 saturated heterocycles. The minimum Gasteiger partial charge on any atom is -0.497 e. The molecule has 0 atom stereocenters. The van der Waals surface area contributed by atoms with Crippen molar-refractivity contribution in [2.75, 3.05) is 20.7 Å². The maximum Gasteiger partial charge on any atom is 0.226 e. The van der Waals surface area contributed by atoms with Crippen molar-refractivity contribution in [1.82, 2.24) is 10.6 Å². The highest BCUT2D eigenvalue weighted by molar-refractivity contribution is 5.81. The van der Waals surface area contributed by atoms with Crippen LogP contribution in [0.3, 0.4) is 0 Å². The quantitative estimate of drug-likeness (QED) is 0.845. The van der Waals surface area contributed by atoms with Crippen LogP contribution >= 0.6 is 0 Å². The SMILES string of the molecule is CNC(=O)C(C)(C)CNC1CC(c2ccc(OC)cc2)C1. The minimum absolute atomic E-state index is 0.0843. The fraction of sp³-hybridized carbons (Fsp3) is 0.588. The Kier molecular flexibility index (Phi) is 4.88. The minimum atomic E-state index is -0.361. The van der Waals surface area contributed by atoms with Gasteiger partial charge in [-0.15, -0.1) is 0 Å². The lowest BCUT2D eigenvalue weighted by Crippen LogP contribution is -2.48. The molecule has 0 bridgehead atoms. The Morgan fingerprint density at radius 1 is 1.29 bits per heavy atom. The monoisotopic (exact) mass is 290 g/mol. The van der Waals surface area contributed by atoms with Crippen molar-refractivity contribution in [3.05, 3.63) is 29.8 Å². The summed E-state index contributed by atoms with van der Waals surface area (Å²) in [5.41, 5.74) is 1.01. The largest absolute Gasteiger partial charge is 0.497 e. The van der Waals surface area contributed by atoms with Crippen LogP contribution in [0, 0.1) is 5.41 Å². The topological polar surface area (TPSA) is 50.4 Å². The van der Waals surface area contributed by atoms with Crippen LogP contribution in [0.1, 0.15) is 38.2 Å². The van der Waals surface area contributed by atoms with E-state index < -0.39 is 0 Å². The molecule has 21 heavy (non-hydrogen) atoms. The third-order valence-corrected chi connectivity index (χ3v) is 4.40. The zero-order chi connectivity index (χ0) is 15.5. The van der Waals surface area contributed by atoms with Crippen LogP contribution in [0.4, 0.5) is 0 Å². The second-order valence-corrected chi connectivity index (χ2v) is 6.48. The van der Waals surface area contributed by atoms with E-state index in [0.29, 0.717) is 18.5 Å². The Balaban J connectivity index is 1.77. The highest BCUT2D eigenvalue weighted by Gasteiger charge is 2.33. The second kappa shape index (κ2) is 6.48. The van der Waals surface area contributed by atoms with Crippen molar-refractivity contribution >= 4 is 5.91 Å². The first-order valence-corrected chi connectivity index (χ1v) is 7.56. The molecule has 0 aliphatic heterocycles. The number of carbonyl (C=O) groups is 1. The van der Waals surface area contributed by atoms with Crippen molar-refractivity contribution in [3.8, 4) is 5.75 Å². The summed E-state index contributed by atoms with van der Waals surface area (Å²) in [6, 6.07) is 8.85. The van der Waals surface area contributed by atoms with Crippen molar-refractivity contribution in [1.29, 1.82) is 0 Å². The van der Waals surface area contributed by atoms with Gasteiger partial charge >= 0.3 is 0 Å². The number of hydrogen-bond acceptors (Lipinski definition) is 3. The summed E-state index contributed by atoms with van der Waals surface area (Å²) in [5.74, 6) is 1.61. The first-order chi connectivity index (χ1) is 9.96. The van der Waals surface area contributed by atoms with Gasteiger partial charge in [0.1, 0.15) is 5.75 Å². The summed E-state index contributed by atoms with van der Waals surface area (Å²) < 4.78 is 5.18. The van der Waals surface area contributed by atoms with Crippen LogP contribution in [0.2, 0.25) is 0 Å². The average Bonchev–Trinajstić information content (AvgIpc) is 2.45. The maximum atomic E-state index is 11.7. The number of methoxy groups -OCH3 is 1. The molecule has 1 amide bonds. The molecule has 1 aromatic carbocycles. The third-order valence-electron chi connectivity index (χ3n) is 4.40. The molecule has 0 radical (unpaired) electrons. The fourth-order valence-electron chi connectivity index (χ4n) is 2.75. The predicted octanol–water partition coefficient (Wildman–Crippen LogP) is 2.30. The van der Waals surface area contributed by atoms with Gasteiger partial charge in [-0.2, -0.15) is 0 Å². The molecule has 1 saturated carbocycles. The van der Waals surface area contributed by atoms with Crippen LogP contribution < -0.4 is 15.4 Å². The Morgan fingerprint density at radius 2 is 1.90 bits per heavy atom. The molecule has 0 heterocycles. The third kappa shape index (κ3) is 3.76. The van der Waals surface area contributed by atoms with Crippen LogP contribution in [-0.4, -0.2) is 32.7 Å². The molecule has 0 aromatic heterocycles. The van der Waals surface area contributed by atoms with Crippen molar-refractivity contribution in [3.63, 3.8) is 0 Å². The Labute approximate surface area is 127 Å². The number of carbonyl (C=O) groups excluding carboxylic acids is 1. The number of amides is 1. The summed E-state index contributed by atoms with van der Waals surface area (Å²) in [5, 5.41) is 6.23. The van der Waals surface area contributed by atoms with Crippen molar-refractivity contribution in [2.45, 2.75) is 38.6 Å². The molecule has 0 spiro atoms. The molecule has 4 heteroatoms. The zero-order valence-electron chi connectivity index (χ0n) is 13.4.